The van der Waals surface area contributed by atoms with E-state index in [-0.39, 0.29) is 30.4 Å². The lowest BCUT2D eigenvalue weighted by Gasteiger charge is -2.56. The van der Waals surface area contributed by atoms with Crippen LogP contribution in [0.2, 0.25) is 0 Å². The van der Waals surface area contributed by atoms with Gasteiger partial charge in [0.05, 0.1) is 18.8 Å². The number of aliphatic hydroxyl groups is 1. The van der Waals surface area contributed by atoms with Gasteiger partial charge in [-0.2, -0.15) is 0 Å². The number of carbonyl (C=O) groups is 1. The van der Waals surface area contributed by atoms with E-state index in [9.17, 15) is 9.90 Å². The molecule has 2 aromatic rings. The molecule has 7 fully saturated rings. The molecule has 8 heteroatoms. The molecule has 4 atom stereocenters. The molecule has 0 aromatic heterocycles. The third-order valence-corrected chi connectivity index (χ3v) is 12.1. The van der Waals surface area contributed by atoms with E-state index in [0.717, 1.165) is 85.4 Å². The van der Waals surface area contributed by atoms with Crippen LogP contribution in [0.25, 0.3) is 0 Å². The second kappa shape index (κ2) is 13.2. The fourth-order valence-electron chi connectivity index (χ4n) is 10.3. The first-order valence-corrected chi connectivity index (χ1v) is 18.2. The zero-order valence-electron chi connectivity index (χ0n) is 27.2. The van der Waals surface area contributed by atoms with Gasteiger partial charge in [0.1, 0.15) is 0 Å². The number of rotatable bonds is 9. The molecule has 4 aliphatic carbocycles. The molecule has 2 amide bonds. The Kier molecular flexibility index (Phi) is 8.84. The third-order valence-electron chi connectivity index (χ3n) is 12.1. The maximum Gasteiger partial charge on any atom is 0.319 e. The Labute approximate surface area is 274 Å². The minimum absolute atomic E-state index is 0.0245. The predicted octanol–water partition coefficient (Wildman–Crippen LogP) is 6.37. The van der Waals surface area contributed by atoms with Crippen molar-refractivity contribution in [3.63, 3.8) is 0 Å². The van der Waals surface area contributed by atoms with Crippen LogP contribution in [-0.2, 0) is 16.1 Å². The molecule has 248 valence electrons. The van der Waals surface area contributed by atoms with Gasteiger partial charge in [-0.05, 0) is 125 Å². The smallest absolute Gasteiger partial charge is 0.319 e. The van der Waals surface area contributed by atoms with Gasteiger partial charge in [-0.1, -0.05) is 36.4 Å². The Morgan fingerprint density at radius 3 is 2.30 bits per heavy atom. The summed E-state index contributed by atoms with van der Waals surface area (Å²) in [5.41, 5.74) is 3.67. The number of hydrogen-bond acceptors (Lipinski definition) is 6. The Balaban J connectivity index is 0.967. The number of hydrogen-bond donors (Lipinski definition) is 3. The standard InChI is InChI=1S/C38H52N4O4/c43-25-26-8-10-30(11-9-26)35-19-34(24-42-14-4-7-33(42)23-41-12-1-2-13-41)45-36(46-35)31-5-3-6-32(18-31)39-37(44)40-38-20-27-15-28(21-38)17-29(16-27)22-38/h3,5-6,8-11,18,27-29,33-36,43H,1-2,4,7,12-17,19-25H2,(H2,39,40,44)/t27?,28?,29?,33-,34+,35-,36-,38?/m0/s1. The van der Waals surface area contributed by atoms with Crippen LogP contribution in [0.1, 0.15) is 99.7 Å². The van der Waals surface area contributed by atoms with Crippen LogP contribution in [0.5, 0.6) is 0 Å². The van der Waals surface area contributed by atoms with Gasteiger partial charge >= 0.3 is 6.03 Å². The van der Waals surface area contributed by atoms with Crippen molar-refractivity contribution in [3.8, 4) is 0 Å². The number of ether oxygens (including phenoxy) is 2. The summed E-state index contributed by atoms with van der Waals surface area (Å²) < 4.78 is 13.4. The first-order chi connectivity index (χ1) is 22.5. The highest BCUT2D eigenvalue weighted by molar-refractivity contribution is 5.90. The van der Waals surface area contributed by atoms with Crippen molar-refractivity contribution in [1.82, 2.24) is 15.1 Å². The number of carbonyl (C=O) groups excluding carboxylic acids is 1. The summed E-state index contributed by atoms with van der Waals surface area (Å²) in [5.74, 6) is 2.35. The molecule has 0 unspecified atom stereocenters. The van der Waals surface area contributed by atoms with E-state index in [1.165, 1.54) is 58.0 Å². The van der Waals surface area contributed by atoms with E-state index >= 15 is 0 Å². The van der Waals surface area contributed by atoms with Crippen molar-refractivity contribution in [2.24, 2.45) is 17.8 Å². The van der Waals surface area contributed by atoms with Crippen LogP contribution in [0.4, 0.5) is 10.5 Å². The summed E-state index contributed by atoms with van der Waals surface area (Å²) in [5, 5.41) is 16.2. The van der Waals surface area contributed by atoms with E-state index in [0.29, 0.717) is 6.04 Å². The molecule has 46 heavy (non-hydrogen) atoms. The highest BCUT2D eigenvalue weighted by Gasteiger charge is 2.51. The second-order valence-electron chi connectivity index (χ2n) is 15.6. The number of amides is 2. The summed E-state index contributed by atoms with van der Waals surface area (Å²) in [4.78, 5) is 18.7. The molecule has 2 aromatic carbocycles. The largest absolute Gasteiger partial charge is 0.392 e. The van der Waals surface area contributed by atoms with Crippen LogP contribution < -0.4 is 10.6 Å². The summed E-state index contributed by atoms with van der Waals surface area (Å²) in [6.07, 6.45) is 12.8. The van der Waals surface area contributed by atoms with E-state index in [2.05, 4.69) is 32.6 Å². The van der Waals surface area contributed by atoms with Crippen molar-refractivity contribution < 1.29 is 19.4 Å². The number of urea groups is 1. The molecule has 7 aliphatic rings. The van der Waals surface area contributed by atoms with Crippen LogP contribution in [-0.4, -0.2) is 71.3 Å². The number of nitrogens with one attached hydrogen (secondary N) is 2. The molecular weight excluding hydrogens is 576 g/mol. The van der Waals surface area contributed by atoms with Crippen molar-refractivity contribution in [1.29, 1.82) is 0 Å². The lowest BCUT2D eigenvalue weighted by Crippen LogP contribution is -2.60. The topological polar surface area (TPSA) is 86.3 Å². The van der Waals surface area contributed by atoms with Crippen molar-refractivity contribution in [3.05, 3.63) is 65.2 Å². The second-order valence-corrected chi connectivity index (χ2v) is 15.6. The van der Waals surface area contributed by atoms with Crippen LogP contribution in [0.15, 0.2) is 48.5 Å². The van der Waals surface area contributed by atoms with E-state index < -0.39 is 6.29 Å². The molecule has 0 radical (unpaired) electrons. The zero-order chi connectivity index (χ0) is 31.1. The maximum absolute atomic E-state index is 13.4. The minimum Gasteiger partial charge on any atom is -0.392 e. The van der Waals surface area contributed by atoms with Gasteiger partial charge in [0.2, 0.25) is 0 Å². The maximum atomic E-state index is 13.4. The zero-order valence-corrected chi connectivity index (χ0v) is 27.2. The molecule has 3 heterocycles. The summed E-state index contributed by atoms with van der Waals surface area (Å²) >= 11 is 0. The Hall–Kier alpha value is -2.49. The Bertz CT molecular complexity index is 1330. The normalized spacial score (nSPS) is 35.9. The van der Waals surface area contributed by atoms with Crippen LogP contribution >= 0.6 is 0 Å². The van der Waals surface area contributed by atoms with E-state index in [1.54, 1.807) is 0 Å². The van der Waals surface area contributed by atoms with Gasteiger partial charge in [-0.25, -0.2) is 4.79 Å². The molecule has 8 nitrogen and oxygen atoms in total. The van der Waals surface area contributed by atoms with Gasteiger partial charge in [0.25, 0.3) is 0 Å². The molecule has 9 rings (SSSR count). The minimum atomic E-state index is -0.533. The average molecular weight is 629 g/mol. The van der Waals surface area contributed by atoms with Crippen molar-refractivity contribution >= 4 is 11.7 Å². The number of aliphatic hydroxyl groups excluding tert-OH is 1. The predicted molar refractivity (Wildman–Crippen MR) is 178 cm³/mol. The van der Waals surface area contributed by atoms with Crippen molar-refractivity contribution in [2.75, 3.05) is 38.0 Å². The van der Waals surface area contributed by atoms with Gasteiger partial charge in [-0.15, -0.1) is 0 Å². The van der Waals surface area contributed by atoms with Crippen LogP contribution in [0.3, 0.4) is 0 Å². The highest BCUT2D eigenvalue weighted by Crippen LogP contribution is 2.55. The third kappa shape index (κ3) is 6.74. The monoisotopic (exact) mass is 628 g/mol. The molecule has 3 aliphatic heterocycles. The number of nitrogens with zero attached hydrogens (tertiary/aromatic N) is 2. The van der Waals surface area contributed by atoms with Gasteiger partial charge in [0, 0.05) is 42.3 Å². The Morgan fingerprint density at radius 1 is 0.848 bits per heavy atom. The van der Waals surface area contributed by atoms with Gasteiger partial charge in [-0.3, -0.25) is 4.90 Å². The fraction of sp³-hybridized carbons (Fsp3) is 0.658. The molecule has 3 N–H and O–H groups in total. The van der Waals surface area contributed by atoms with Crippen LogP contribution in [0, 0.1) is 17.8 Å². The number of benzene rings is 2. The quantitative estimate of drug-likeness (QED) is 0.299. The molecule has 4 bridgehead atoms. The lowest BCUT2D eigenvalue weighted by atomic mass is 9.53. The Morgan fingerprint density at radius 2 is 1.59 bits per heavy atom. The van der Waals surface area contributed by atoms with Gasteiger partial charge in [0.15, 0.2) is 6.29 Å². The molecule has 4 saturated carbocycles. The van der Waals surface area contributed by atoms with E-state index in [4.69, 9.17) is 9.47 Å². The number of anilines is 1. The summed E-state index contributed by atoms with van der Waals surface area (Å²) in [7, 11) is 0. The summed E-state index contributed by atoms with van der Waals surface area (Å²) in [6, 6.07) is 16.6. The summed E-state index contributed by atoms with van der Waals surface area (Å²) in [6.45, 7) is 5.68. The average Bonchev–Trinajstić information content (AvgIpc) is 3.72. The first-order valence-electron chi connectivity index (χ1n) is 18.2. The molecule has 0 spiro atoms. The molecule has 3 saturated heterocycles. The first kappa shape index (κ1) is 30.8. The van der Waals surface area contributed by atoms with Crippen molar-refractivity contribution in [2.45, 2.75) is 107 Å². The van der Waals surface area contributed by atoms with E-state index in [1.807, 2.05) is 36.4 Å². The lowest BCUT2D eigenvalue weighted by molar-refractivity contribution is -0.253. The number of likely N-dealkylation sites (tertiary alicyclic amines) is 2. The molecular formula is C38H52N4O4. The fourth-order valence-corrected chi connectivity index (χ4v) is 10.3. The highest BCUT2D eigenvalue weighted by atomic mass is 16.7. The SMILES string of the molecule is O=C(Nc1cccc([C@H]2O[C@@H](CN3CCC[C@H]3CN3CCCC3)C[C@@H](c3ccc(CO)cc3)O2)c1)NC12CC3CC(CC(C3)C1)C2. The van der Waals surface area contributed by atoms with Gasteiger partial charge < -0.3 is 30.1 Å².